The first-order valence-corrected chi connectivity index (χ1v) is 6.98. The summed E-state index contributed by atoms with van der Waals surface area (Å²) in [6.07, 6.45) is -0.138. The molecular weight excluding hydrogens is 274 g/mol. The lowest BCUT2D eigenvalue weighted by atomic mass is 9.76. The third-order valence-electron chi connectivity index (χ3n) is 3.48. The Morgan fingerprint density at radius 1 is 1.19 bits per heavy atom. The minimum atomic E-state index is -1.34. The highest BCUT2D eigenvalue weighted by Crippen LogP contribution is 2.25. The second-order valence-electron chi connectivity index (χ2n) is 6.40. The molecule has 118 valence electrons. The Balaban J connectivity index is 2.89. The van der Waals surface area contributed by atoms with Gasteiger partial charge in [-0.2, -0.15) is 0 Å². The Morgan fingerprint density at radius 2 is 1.76 bits per heavy atom. The molecule has 0 amide bonds. The molecule has 0 aliphatic carbocycles. The van der Waals surface area contributed by atoms with Crippen LogP contribution in [0.2, 0.25) is 0 Å². The third kappa shape index (κ3) is 4.69. The van der Waals surface area contributed by atoms with Crippen molar-refractivity contribution in [3.05, 3.63) is 24.0 Å². The number of benzene rings is 1. The number of hydrogen-bond acceptors (Lipinski definition) is 4. The van der Waals surface area contributed by atoms with Crippen molar-refractivity contribution in [3.8, 4) is 5.75 Å². The zero-order valence-electron chi connectivity index (χ0n) is 13.5. The molecule has 0 saturated carbocycles. The van der Waals surface area contributed by atoms with Crippen molar-refractivity contribution in [2.45, 2.75) is 58.8 Å². The van der Waals surface area contributed by atoms with Gasteiger partial charge >= 0.3 is 7.12 Å². The standard InChI is InChI=1S/C15H24BFO4/c1-10(2)20-13-8-7-11(9-12(13)17)16(19)21-15(5,6)14(3,4)18/h7-10,18-19H,1-6H3. The first-order valence-electron chi connectivity index (χ1n) is 6.98. The molecule has 6 heteroatoms. The summed E-state index contributed by atoms with van der Waals surface area (Å²) in [7, 11) is -1.34. The minimum Gasteiger partial charge on any atom is -0.488 e. The SMILES string of the molecule is CC(C)Oc1ccc(B(O)OC(C)(C)C(C)(C)O)cc1F. The van der Waals surface area contributed by atoms with Crippen molar-refractivity contribution in [1.82, 2.24) is 0 Å². The Labute approximate surface area is 126 Å². The van der Waals surface area contributed by atoms with E-state index in [0.29, 0.717) is 0 Å². The first-order chi connectivity index (χ1) is 9.44. The van der Waals surface area contributed by atoms with E-state index in [0.717, 1.165) is 0 Å². The van der Waals surface area contributed by atoms with Crippen molar-refractivity contribution in [1.29, 1.82) is 0 Å². The largest absolute Gasteiger partial charge is 0.491 e. The molecule has 21 heavy (non-hydrogen) atoms. The maximum Gasteiger partial charge on any atom is 0.491 e. The molecule has 0 spiro atoms. The molecule has 0 heterocycles. The molecule has 0 unspecified atom stereocenters. The van der Waals surface area contributed by atoms with Gasteiger partial charge in [-0.25, -0.2) is 4.39 Å². The molecular formula is C15H24BFO4. The highest BCUT2D eigenvalue weighted by molar-refractivity contribution is 6.60. The smallest absolute Gasteiger partial charge is 0.488 e. The Bertz CT molecular complexity index is 483. The van der Waals surface area contributed by atoms with Crippen LogP contribution in [-0.2, 0) is 4.65 Å². The zero-order valence-corrected chi connectivity index (χ0v) is 13.5. The highest BCUT2D eigenvalue weighted by Gasteiger charge is 2.39. The van der Waals surface area contributed by atoms with Crippen LogP contribution in [0.15, 0.2) is 18.2 Å². The number of hydrogen-bond donors (Lipinski definition) is 2. The fraction of sp³-hybridized carbons (Fsp3) is 0.600. The predicted molar refractivity (Wildman–Crippen MR) is 81.2 cm³/mol. The van der Waals surface area contributed by atoms with Crippen LogP contribution >= 0.6 is 0 Å². The van der Waals surface area contributed by atoms with Crippen molar-refractivity contribution >= 4 is 12.6 Å². The molecule has 1 rings (SSSR count). The topological polar surface area (TPSA) is 58.9 Å². The summed E-state index contributed by atoms with van der Waals surface area (Å²) >= 11 is 0. The first kappa shape index (κ1) is 17.9. The molecule has 0 aliphatic heterocycles. The summed E-state index contributed by atoms with van der Waals surface area (Å²) in [5, 5.41) is 20.1. The van der Waals surface area contributed by atoms with Crippen LogP contribution in [0.5, 0.6) is 5.75 Å². The van der Waals surface area contributed by atoms with Crippen LogP contribution < -0.4 is 10.2 Å². The Hall–Kier alpha value is -1.11. The average molecular weight is 298 g/mol. The van der Waals surface area contributed by atoms with Crippen LogP contribution in [0.25, 0.3) is 0 Å². The summed E-state index contributed by atoms with van der Waals surface area (Å²) in [6.45, 7) is 10.1. The van der Waals surface area contributed by atoms with Crippen LogP contribution in [0.3, 0.4) is 0 Å². The van der Waals surface area contributed by atoms with Crippen molar-refractivity contribution in [2.75, 3.05) is 0 Å². The molecule has 0 fully saturated rings. The number of rotatable bonds is 6. The van der Waals surface area contributed by atoms with Gasteiger partial charge in [-0.05, 0) is 59.1 Å². The lowest BCUT2D eigenvalue weighted by molar-refractivity contribution is -0.0982. The van der Waals surface area contributed by atoms with E-state index in [1.54, 1.807) is 41.5 Å². The summed E-state index contributed by atoms with van der Waals surface area (Å²) in [6, 6.07) is 4.16. The van der Waals surface area contributed by atoms with Crippen molar-refractivity contribution in [3.63, 3.8) is 0 Å². The average Bonchev–Trinajstić information content (AvgIpc) is 2.29. The third-order valence-corrected chi connectivity index (χ3v) is 3.48. The number of halogens is 1. The zero-order chi connectivity index (χ0) is 16.4. The van der Waals surface area contributed by atoms with Crippen LogP contribution in [0.1, 0.15) is 41.5 Å². The number of aliphatic hydroxyl groups is 1. The van der Waals surface area contributed by atoms with Crippen LogP contribution in [0.4, 0.5) is 4.39 Å². The van der Waals surface area contributed by atoms with E-state index in [1.165, 1.54) is 18.2 Å². The van der Waals surface area contributed by atoms with Gasteiger partial charge in [0.1, 0.15) is 0 Å². The van der Waals surface area contributed by atoms with E-state index in [1.807, 2.05) is 0 Å². The van der Waals surface area contributed by atoms with Crippen molar-refractivity contribution < 1.29 is 23.9 Å². The molecule has 2 N–H and O–H groups in total. The van der Waals surface area contributed by atoms with Crippen molar-refractivity contribution in [2.24, 2.45) is 0 Å². The Kier molecular flexibility index (Phi) is 5.42. The van der Waals surface area contributed by atoms with Gasteiger partial charge in [0.2, 0.25) is 0 Å². The molecule has 1 aromatic carbocycles. The Morgan fingerprint density at radius 3 is 2.19 bits per heavy atom. The predicted octanol–water partition coefficient (Wildman–Crippen LogP) is 1.87. The molecule has 4 nitrogen and oxygen atoms in total. The van der Waals surface area contributed by atoms with Gasteiger partial charge in [-0.3, -0.25) is 0 Å². The molecule has 0 aromatic heterocycles. The molecule has 1 aromatic rings. The fourth-order valence-corrected chi connectivity index (χ4v) is 1.51. The van der Waals surface area contributed by atoms with Gasteiger partial charge in [0.15, 0.2) is 11.6 Å². The van der Waals surface area contributed by atoms with E-state index in [-0.39, 0.29) is 17.3 Å². The molecule has 0 aliphatic rings. The summed E-state index contributed by atoms with van der Waals surface area (Å²) in [5.74, 6) is -0.437. The number of ether oxygens (including phenoxy) is 1. The summed E-state index contributed by atoms with van der Waals surface area (Å²) in [5.41, 5.74) is -1.90. The summed E-state index contributed by atoms with van der Waals surface area (Å²) in [4.78, 5) is 0. The second kappa shape index (κ2) is 6.34. The van der Waals surface area contributed by atoms with Crippen LogP contribution in [-0.4, -0.2) is 34.6 Å². The lowest BCUT2D eigenvalue weighted by Crippen LogP contribution is -2.53. The van der Waals surface area contributed by atoms with E-state index >= 15 is 0 Å². The van der Waals surface area contributed by atoms with Crippen LogP contribution in [0, 0.1) is 5.82 Å². The van der Waals surface area contributed by atoms with E-state index in [4.69, 9.17) is 9.39 Å². The normalized spacial score (nSPS) is 12.7. The van der Waals surface area contributed by atoms with Gasteiger partial charge < -0.3 is 19.5 Å². The maximum absolute atomic E-state index is 13.9. The van der Waals surface area contributed by atoms with Gasteiger partial charge in [0.05, 0.1) is 17.3 Å². The van der Waals surface area contributed by atoms with Gasteiger partial charge in [0, 0.05) is 0 Å². The van der Waals surface area contributed by atoms with Gasteiger partial charge in [-0.1, -0.05) is 6.07 Å². The quantitative estimate of drug-likeness (QED) is 0.787. The molecule has 0 radical (unpaired) electrons. The van der Waals surface area contributed by atoms with E-state index in [2.05, 4.69) is 0 Å². The molecule has 0 saturated heterocycles. The van der Waals surface area contributed by atoms with Gasteiger partial charge in [0.25, 0.3) is 0 Å². The molecule has 0 atom stereocenters. The maximum atomic E-state index is 13.9. The van der Waals surface area contributed by atoms with E-state index in [9.17, 15) is 14.5 Å². The minimum absolute atomic E-state index is 0.127. The molecule has 0 bridgehead atoms. The fourth-order valence-electron chi connectivity index (χ4n) is 1.51. The summed E-state index contributed by atoms with van der Waals surface area (Å²) < 4.78 is 24.7. The monoisotopic (exact) mass is 298 g/mol. The highest BCUT2D eigenvalue weighted by atomic mass is 19.1. The van der Waals surface area contributed by atoms with Gasteiger partial charge in [-0.15, -0.1) is 0 Å². The second-order valence-corrected chi connectivity index (χ2v) is 6.40. The lowest BCUT2D eigenvalue weighted by Gasteiger charge is -2.38. The van der Waals surface area contributed by atoms with E-state index < -0.39 is 24.1 Å².